The van der Waals surface area contributed by atoms with Crippen LogP contribution in [0.5, 0.6) is 0 Å². The molecular formula is C21H33N5O. The molecule has 27 heavy (non-hydrogen) atoms. The fourth-order valence-corrected chi connectivity index (χ4v) is 2.55. The zero-order valence-corrected chi connectivity index (χ0v) is 16.8. The van der Waals surface area contributed by atoms with Gasteiger partial charge < -0.3 is 19.9 Å². The topological polar surface area (TPSA) is 63.5 Å². The van der Waals surface area contributed by atoms with Crippen LogP contribution in [0.25, 0.3) is 0 Å². The number of ether oxygens (including phenoxy) is 1. The lowest BCUT2D eigenvalue weighted by Gasteiger charge is -2.12. The van der Waals surface area contributed by atoms with Gasteiger partial charge in [0.2, 0.25) is 0 Å². The van der Waals surface area contributed by atoms with Crippen LogP contribution in [0.2, 0.25) is 0 Å². The van der Waals surface area contributed by atoms with Crippen LogP contribution in [0, 0.1) is 5.92 Å². The summed E-state index contributed by atoms with van der Waals surface area (Å²) in [6.45, 7) is 11.2. The quantitative estimate of drug-likeness (QED) is 0.362. The van der Waals surface area contributed by atoms with Gasteiger partial charge in [-0.25, -0.2) is 9.98 Å². The Bertz CT molecular complexity index is 650. The first-order chi connectivity index (χ1) is 13.2. The SMILES string of the molecule is CCNC(=NCc1ccc(Cn2ccnc2)cc1)NCCCOCC(C)C. The lowest BCUT2D eigenvalue weighted by atomic mass is 10.1. The van der Waals surface area contributed by atoms with E-state index in [1.54, 1.807) is 6.20 Å². The Hall–Kier alpha value is -2.34. The number of hydrogen-bond donors (Lipinski definition) is 2. The molecule has 6 nitrogen and oxygen atoms in total. The lowest BCUT2D eigenvalue weighted by Crippen LogP contribution is -2.38. The Kier molecular flexibility index (Phi) is 9.41. The van der Waals surface area contributed by atoms with Gasteiger partial charge in [-0.1, -0.05) is 38.1 Å². The number of nitrogens with one attached hydrogen (secondary N) is 2. The Balaban J connectivity index is 1.75. The van der Waals surface area contributed by atoms with E-state index >= 15 is 0 Å². The molecule has 148 valence electrons. The highest BCUT2D eigenvalue weighted by Crippen LogP contribution is 2.07. The van der Waals surface area contributed by atoms with Crippen molar-refractivity contribution < 1.29 is 4.74 Å². The van der Waals surface area contributed by atoms with Crippen LogP contribution >= 0.6 is 0 Å². The van der Waals surface area contributed by atoms with Gasteiger partial charge in [0.25, 0.3) is 0 Å². The molecule has 0 aliphatic heterocycles. The minimum absolute atomic E-state index is 0.586. The molecule has 1 aromatic heterocycles. The molecule has 0 fully saturated rings. The summed E-state index contributed by atoms with van der Waals surface area (Å²) in [6.07, 6.45) is 6.58. The second-order valence-corrected chi connectivity index (χ2v) is 7.00. The largest absolute Gasteiger partial charge is 0.381 e. The monoisotopic (exact) mass is 371 g/mol. The van der Waals surface area contributed by atoms with Gasteiger partial charge in [-0.05, 0) is 30.4 Å². The number of hydrogen-bond acceptors (Lipinski definition) is 3. The lowest BCUT2D eigenvalue weighted by molar-refractivity contribution is 0.108. The molecule has 6 heteroatoms. The first-order valence-electron chi connectivity index (χ1n) is 9.81. The maximum Gasteiger partial charge on any atom is 0.191 e. The fourth-order valence-electron chi connectivity index (χ4n) is 2.55. The molecule has 0 unspecified atom stereocenters. The molecule has 1 heterocycles. The average molecular weight is 372 g/mol. The van der Waals surface area contributed by atoms with Gasteiger partial charge in [-0.15, -0.1) is 0 Å². The number of imidazole rings is 1. The van der Waals surface area contributed by atoms with Crippen molar-refractivity contribution in [3.8, 4) is 0 Å². The number of nitrogens with zero attached hydrogens (tertiary/aromatic N) is 3. The van der Waals surface area contributed by atoms with E-state index in [1.165, 1.54) is 11.1 Å². The van der Waals surface area contributed by atoms with Gasteiger partial charge in [0.1, 0.15) is 0 Å². The summed E-state index contributed by atoms with van der Waals surface area (Å²) >= 11 is 0. The van der Waals surface area contributed by atoms with Gasteiger partial charge in [-0.3, -0.25) is 0 Å². The minimum atomic E-state index is 0.586. The first-order valence-corrected chi connectivity index (χ1v) is 9.81. The van der Waals surface area contributed by atoms with Crippen LogP contribution in [0.15, 0.2) is 48.0 Å². The van der Waals surface area contributed by atoms with Crippen molar-refractivity contribution in [3.05, 3.63) is 54.1 Å². The second kappa shape index (κ2) is 12.1. The van der Waals surface area contributed by atoms with E-state index in [9.17, 15) is 0 Å². The van der Waals surface area contributed by atoms with E-state index in [0.717, 1.165) is 45.2 Å². The molecule has 0 atom stereocenters. The summed E-state index contributed by atoms with van der Waals surface area (Å²) in [5, 5.41) is 6.66. The minimum Gasteiger partial charge on any atom is -0.381 e. The number of rotatable bonds is 11. The molecule has 2 aromatic rings. The van der Waals surface area contributed by atoms with Crippen molar-refractivity contribution in [1.82, 2.24) is 20.2 Å². The normalized spacial score (nSPS) is 11.8. The van der Waals surface area contributed by atoms with Crippen LogP contribution in [0.3, 0.4) is 0 Å². The van der Waals surface area contributed by atoms with E-state index in [4.69, 9.17) is 4.74 Å². The van der Waals surface area contributed by atoms with Crippen LogP contribution in [-0.2, 0) is 17.8 Å². The molecular weight excluding hydrogens is 338 g/mol. The van der Waals surface area contributed by atoms with E-state index in [2.05, 4.69) is 70.2 Å². The molecule has 0 aliphatic carbocycles. The molecule has 2 rings (SSSR count). The van der Waals surface area contributed by atoms with E-state index in [0.29, 0.717) is 12.5 Å². The van der Waals surface area contributed by atoms with E-state index < -0.39 is 0 Å². The zero-order chi connectivity index (χ0) is 19.3. The van der Waals surface area contributed by atoms with Crippen LogP contribution in [-0.4, -0.2) is 41.8 Å². The van der Waals surface area contributed by atoms with Crippen LogP contribution < -0.4 is 10.6 Å². The predicted molar refractivity (Wildman–Crippen MR) is 111 cm³/mol. The Morgan fingerprint density at radius 3 is 2.63 bits per heavy atom. The summed E-state index contributed by atoms with van der Waals surface area (Å²) in [6, 6.07) is 8.58. The molecule has 0 bridgehead atoms. The molecule has 0 saturated heterocycles. The molecule has 0 aliphatic rings. The molecule has 2 N–H and O–H groups in total. The van der Waals surface area contributed by atoms with Crippen molar-refractivity contribution in [2.45, 2.75) is 40.3 Å². The molecule has 0 saturated carbocycles. The Morgan fingerprint density at radius 1 is 1.19 bits per heavy atom. The highest BCUT2D eigenvalue weighted by atomic mass is 16.5. The number of guanidine groups is 1. The van der Waals surface area contributed by atoms with Crippen LogP contribution in [0.1, 0.15) is 38.3 Å². The summed E-state index contributed by atoms with van der Waals surface area (Å²) < 4.78 is 7.67. The highest BCUT2D eigenvalue weighted by molar-refractivity contribution is 5.79. The summed E-state index contributed by atoms with van der Waals surface area (Å²) in [7, 11) is 0. The van der Waals surface area contributed by atoms with Crippen molar-refractivity contribution in [3.63, 3.8) is 0 Å². The smallest absolute Gasteiger partial charge is 0.191 e. The summed E-state index contributed by atoms with van der Waals surface area (Å²) in [5.74, 6) is 1.44. The average Bonchev–Trinajstić information content (AvgIpc) is 3.16. The maximum atomic E-state index is 5.61. The third-order valence-corrected chi connectivity index (χ3v) is 3.92. The molecule has 0 spiro atoms. The molecule has 1 aromatic carbocycles. The van der Waals surface area contributed by atoms with Crippen LogP contribution in [0.4, 0.5) is 0 Å². The van der Waals surface area contributed by atoms with Gasteiger partial charge in [0, 0.05) is 45.2 Å². The third kappa shape index (κ3) is 8.73. The second-order valence-electron chi connectivity index (χ2n) is 7.00. The van der Waals surface area contributed by atoms with Gasteiger partial charge >= 0.3 is 0 Å². The highest BCUT2D eigenvalue weighted by Gasteiger charge is 2.00. The first kappa shape index (κ1) is 21.0. The van der Waals surface area contributed by atoms with Crippen molar-refractivity contribution in [1.29, 1.82) is 0 Å². The van der Waals surface area contributed by atoms with E-state index in [1.807, 2.05) is 12.5 Å². The fraction of sp³-hybridized carbons (Fsp3) is 0.524. The molecule has 0 amide bonds. The Morgan fingerprint density at radius 2 is 1.96 bits per heavy atom. The van der Waals surface area contributed by atoms with Crippen molar-refractivity contribution in [2.24, 2.45) is 10.9 Å². The number of aliphatic imine (C=N–C) groups is 1. The van der Waals surface area contributed by atoms with Gasteiger partial charge in [0.15, 0.2) is 5.96 Å². The van der Waals surface area contributed by atoms with Crippen molar-refractivity contribution in [2.75, 3.05) is 26.3 Å². The van der Waals surface area contributed by atoms with Gasteiger partial charge in [-0.2, -0.15) is 0 Å². The Labute approximate surface area is 163 Å². The summed E-state index contributed by atoms with van der Waals surface area (Å²) in [5.41, 5.74) is 2.45. The number of benzene rings is 1. The third-order valence-electron chi connectivity index (χ3n) is 3.92. The van der Waals surface area contributed by atoms with Crippen molar-refractivity contribution >= 4 is 5.96 Å². The van der Waals surface area contributed by atoms with Gasteiger partial charge in [0.05, 0.1) is 12.9 Å². The predicted octanol–water partition coefficient (Wildman–Crippen LogP) is 3.05. The summed E-state index contributed by atoms with van der Waals surface area (Å²) in [4.78, 5) is 8.75. The molecule has 0 radical (unpaired) electrons. The number of aromatic nitrogens is 2. The standard InChI is InChI=1S/C21H33N5O/c1-4-23-21(24-10-5-13-27-16-18(2)3)25-14-19-6-8-20(9-7-19)15-26-12-11-22-17-26/h6-9,11-12,17-18H,4-5,10,13-16H2,1-3H3,(H2,23,24,25). The zero-order valence-electron chi connectivity index (χ0n) is 16.8. The maximum absolute atomic E-state index is 5.61. The van der Waals surface area contributed by atoms with E-state index in [-0.39, 0.29) is 0 Å².